The van der Waals surface area contributed by atoms with Crippen LogP contribution in [-0.2, 0) is 9.22 Å². The maximum atomic E-state index is 12.3. The van der Waals surface area contributed by atoms with Crippen molar-refractivity contribution in [1.82, 2.24) is 0 Å². The molecule has 0 aromatic carbocycles. The van der Waals surface area contributed by atoms with Crippen molar-refractivity contribution in [3.8, 4) is 0 Å². The Morgan fingerprint density at radius 2 is 1.81 bits per heavy atom. The van der Waals surface area contributed by atoms with E-state index in [1.165, 1.54) is 5.57 Å². The van der Waals surface area contributed by atoms with Crippen LogP contribution in [0.4, 0.5) is 0 Å². The molecule has 0 amide bonds. The van der Waals surface area contributed by atoms with E-state index in [1.54, 1.807) is 0 Å². The first kappa shape index (κ1) is 16.9. The predicted molar refractivity (Wildman–Crippen MR) is 90.9 cm³/mol. The van der Waals surface area contributed by atoms with E-state index in [4.69, 9.17) is 4.43 Å². The molecule has 0 bridgehead atoms. The lowest BCUT2D eigenvalue weighted by molar-refractivity contribution is -0.129. The molecule has 1 fully saturated rings. The van der Waals surface area contributed by atoms with Gasteiger partial charge < -0.3 is 4.43 Å². The fourth-order valence-corrected chi connectivity index (χ4v) is 5.12. The summed E-state index contributed by atoms with van der Waals surface area (Å²) in [7, 11) is -1.77. The minimum Gasteiger partial charge on any atom is -0.413 e. The first-order valence-corrected chi connectivity index (χ1v) is 11.2. The van der Waals surface area contributed by atoms with Crippen molar-refractivity contribution >= 4 is 14.1 Å². The van der Waals surface area contributed by atoms with Crippen molar-refractivity contribution in [3.05, 3.63) is 11.6 Å². The van der Waals surface area contributed by atoms with Crippen LogP contribution in [0.3, 0.4) is 0 Å². The fraction of sp³-hybridized carbons (Fsp3) is 0.833. The zero-order valence-corrected chi connectivity index (χ0v) is 16.1. The standard InChI is InChI=1S/C18H32O2Si/c1-16(2,3)21(7,8)20-15-10-9-13-17(4,5)14(19)11-12-18(13,15)6/h9,15H,10-12H2,1-8H3/t15-,18-/m0/s1. The monoisotopic (exact) mass is 308 g/mol. The highest BCUT2D eigenvalue weighted by molar-refractivity contribution is 6.74. The first-order chi connectivity index (χ1) is 9.32. The molecule has 2 aliphatic rings. The highest BCUT2D eigenvalue weighted by Crippen LogP contribution is 2.56. The normalized spacial score (nSPS) is 32.9. The fourth-order valence-electron chi connectivity index (χ4n) is 3.70. The molecule has 2 nitrogen and oxygen atoms in total. The molecule has 1 saturated carbocycles. The second-order valence-corrected chi connectivity index (χ2v) is 13.9. The second kappa shape index (κ2) is 4.79. The molecule has 0 spiro atoms. The van der Waals surface area contributed by atoms with E-state index in [1.807, 2.05) is 0 Å². The summed E-state index contributed by atoms with van der Waals surface area (Å²) in [5, 5.41) is 0.228. The van der Waals surface area contributed by atoms with Crippen LogP contribution >= 0.6 is 0 Å². The summed E-state index contributed by atoms with van der Waals surface area (Å²) >= 11 is 0. The molecule has 0 saturated heterocycles. The van der Waals surface area contributed by atoms with E-state index in [0.29, 0.717) is 12.2 Å². The van der Waals surface area contributed by atoms with Crippen molar-refractivity contribution in [2.75, 3.05) is 0 Å². The van der Waals surface area contributed by atoms with Crippen LogP contribution in [0.1, 0.15) is 60.8 Å². The van der Waals surface area contributed by atoms with Gasteiger partial charge in [0.05, 0.1) is 6.10 Å². The summed E-state index contributed by atoms with van der Waals surface area (Å²) in [6.07, 6.45) is 5.16. The Labute approximate surface area is 131 Å². The zero-order chi connectivity index (χ0) is 16.3. The summed E-state index contributed by atoms with van der Waals surface area (Å²) in [5.41, 5.74) is 1.07. The van der Waals surface area contributed by atoms with Gasteiger partial charge in [-0.05, 0) is 44.8 Å². The van der Waals surface area contributed by atoms with Gasteiger partial charge in [0.2, 0.25) is 0 Å². The molecule has 0 radical (unpaired) electrons. The van der Waals surface area contributed by atoms with Gasteiger partial charge in [-0.15, -0.1) is 0 Å². The number of rotatable bonds is 2. The minimum absolute atomic E-state index is 0.0485. The van der Waals surface area contributed by atoms with Gasteiger partial charge in [-0.3, -0.25) is 4.79 Å². The number of hydrogen-bond acceptors (Lipinski definition) is 2. The van der Waals surface area contributed by atoms with E-state index in [-0.39, 0.29) is 22.0 Å². The van der Waals surface area contributed by atoms with Gasteiger partial charge in [-0.25, -0.2) is 0 Å². The number of carbonyl (C=O) groups excluding carboxylic acids is 1. The largest absolute Gasteiger partial charge is 0.413 e. The molecule has 2 atom stereocenters. The molecular formula is C18H32O2Si. The number of Topliss-reactive ketones (excluding diaryl/α,β-unsaturated/α-hetero) is 1. The van der Waals surface area contributed by atoms with Crippen LogP contribution in [0.25, 0.3) is 0 Å². The quantitative estimate of drug-likeness (QED) is 0.524. The molecule has 2 rings (SSSR count). The molecule has 0 unspecified atom stereocenters. The second-order valence-electron chi connectivity index (χ2n) is 9.19. The van der Waals surface area contributed by atoms with Crippen LogP contribution in [0.15, 0.2) is 11.6 Å². The van der Waals surface area contributed by atoms with Gasteiger partial charge >= 0.3 is 0 Å². The third-order valence-corrected chi connectivity index (χ3v) is 10.8. The minimum atomic E-state index is -1.77. The van der Waals surface area contributed by atoms with E-state index in [0.717, 1.165) is 12.8 Å². The van der Waals surface area contributed by atoms with Crippen LogP contribution in [0, 0.1) is 10.8 Å². The highest BCUT2D eigenvalue weighted by Gasteiger charge is 2.54. The van der Waals surface area contributed by atoms with Gasteiger partial charge in [0.1, 0.15) is 5.78 Å². The molecule has 0 heterocycles. The third kappa shape index (κ3) is 2.57. The van der Waals surface area contributed by atoms with Crippen molar-refractivity contribution in [3.63, 3.8) is 0 Å². The summed E-state index contributed by atoms with van der Waals surface area (Å²) in [5.74, 6) is 0.388. The molecular weight excluding hydrogens is 276 g/mol. The summed E-state index contributed by atoms with van der Waals surface area (Å²) < 4.78 is 6.74. The van der Waals surface area contributed by atoms with Gasteiger partial charge in [0.25, 0.3) is 0 Å². The molecule has 0 aliphatic heterocycles. The molecule has 3 heteroatoms. The van der Waals surface area contributed by atoms with E-state index >= 15 is 0 Å². The van der Waals surface area contributed by atoms with E-state index in [9.17, 15) is 4.79 Å². The predicted octanol–water partition coefficient (Wildman–Crippen LogP) is 5.10. The number of carbonyl (C=O) groups is 1. The number of hydrogen-bond donors (Lipinski definition) is 0. The summed E-state index contributed by atoms with van der Waals surface area (Å²) in [4.78, 5) is 12.3. The highest BCUT2D eigenvalue weighted by atomic mass is 28.4. The lowest BCUT2D eigenvalue weighted by Gasteiger charge is -2.48. The third-order valence-electron chi connectivity index (χ3n) is 6.35. The van der Waals surface area contributed by atoms with Gasteiger partial charge in [0.15, 0.2) is 8.32 Å². The Balaban J connectivity index is 2.27. The van der Waals surface area contributed by atoms with Gasteiger partial charge in [-0.2, -0.15) is 0 Å². The molecule has 0 aromatic rings. The molecule has 21 heavy (non-hydrogen) atoms. The van der Waals surface area contributed by atoms with Crippen LogP contribution < -0.4 is 0 Å². The van der Waals surface area contributed by atoms with Crippen LogP contribution in [-0.4, -0.2) is 20.2 Å². The average Bonchev–Trinajstić information content (AvgIpc) is 2.62. The maximum Gasteiger partial charge on any atom is 0.192 e. The average molecular weight is 309 g/mol. The lowest BCUT2D eigenvalue weighted by Crippen LogP contribution is -2.50. The summed E-state index contributed by atoms with van der Waals surface area (Å²) in [6.45, 7) is 18.0. The Hall–Kier alpha value is -0.413. The molecule has 2 aliphatic carbocycles. The van der Waals surface area contributed by atoms with Crippen molar-refractivity contribution in [2.45, 2.75) is 85.0 Å². The van der Waals surface area contributed by atoms with E-state index in [2.05, 4.69) is 60.7 Å². The molecule has 0 N–H and O–H groups in total. The zero-order valence-electron chi connectivity index (χ0n) is 15.1. The number of fused-ring (bicyclic) bond motifs is 1. The van der Waals surface area contributed by atoms with Crippen molar-refractivity contribution < 1.29 is 9.22 Å². The smallest absolute Gasteiger partial charge is 0.192 e. The molecule has 0 aromatic heterocycles. The SMILES string of the molecule is CC1(C)C(=O)CC[C@@]2(C)C1=CC[C@@H]2O[Si](C)(C)C(C)(C)C. The Bertz CT molecular complexity index is 482. The summed E-state index contributed by atoms with van der Waals surface area (Å²) in [6, 6.07) is 0. The topological polar surface area (TPSA) is 26.3 Å². The number of ketones is 1. The first-order valence-electron chi connectivity index (χ1n) is 8.24. The van der Waals surface area contributed by atoms with Crippen molar-refractivity contribution in [2.24, 2.45) is 10.8 Å². The van der Waals surface area contributed by atoms with Crippen LogP contribution in [0.5, 0.6) is 0 Å². The Kier molecular flexibility index (Phi) is 3.87. The molecule has 120 valence electrons. The Morgan fingerprint density at radius 1 is 1.24 bits per heavy atom. The lowest BCUT2D eigenvalue weighted by atomic mass is 9.60. The maximum absolute atomic E-state index is 12.3. The van der Waals surface area contributed by atoms with E-state index < -0.39 is 8.32 Å². The van der Waals surface area contributed by atoms with Crippen molar-refractivity contribution in [1.29, 1.82) is 0 Å². The Morgan fingerprint density at radius 3 is 2.33 bits per heavy atom. The van der Waals surface area contributed by atoms with Gasteiger partial charge in [0, 0.05) is 17.3 Å². The van der Waals surface area contributed by atoms with Crippen LogP contribution in [0.2, 0.25) is 18.1 Å². The van der Waals surface area contributed by atoms with Gasteiger partial charge in [-0.1, -0.05) is 39.3 Å².